The fraction of sp³-hybridized carbons (Fsp3) is 0.333. The van der Waals surface area contributed by atoms with Crippen LogP contribution in [0.4, 0.5) is 0 Å². The van der Waals surface area contributed by atoms with Gasteiger partial charge in [0.25, 0.3) is 0 Å². The second-order valence-corrected chi connectivity index (χ2v) is 6.48. The molecular weight excluding hydrogens is 278 g/mol. The lowest BCUT2D eigenvalue weighted by atomic mass is 10.2. The molecule has 0 amide bonds. The highest BCUT2D eigenvalue weighted by Crippen LogP contribution is 2.21. The molecule has 1 fully saturated rings. The lowest BCUT2D eigenvalue weighted by Gasteiger charge is -2.08. The van der Waals surface area contributed by atoms with Crippen LogP contribution in [0.1, 0.15) is 18.4 Å². The van der Waals surface area contributed by atoms with Crippen molar-refractivity contribution >= 4 is 11.8 Å². The largest absolute Gasteiger partial charge is 0.493 e. The summed E-state index contributed by atoms with van der Waals surface area (Å²) in [5, 5.41) is 3.53. The van der Waals surface area contributed by atoms with E-state index in [9.17, 15) is 0 Å². The van der Waals surface area contributed by atoms with Gasteiger partial charge in [0.05, 0.1) is 6.61 Å². The van der Waals surface area contributed by atoms with E-state index in [-0.39, 0.29) is 0 Å². The highest BCUT2D eigenvalue weighted by atomic mass is 32.2. The van der Waals surface area contributed by atoms with Crippen molar-refractivity contribution in [3.05, 3.63) is 60.2 Å². The number of rotatable bonds is 8. The molecule has 0 unspecified atom stereocenters. The first kappa shape index (κ1) is 14.5. The van der Waals surface area contributed by atoms with E-state index >= 15 is 0 Å². The van der Waals surface area contributed by atoms with Crippen LogP contribution < -0.4 is 10.1 Å². The molecule has 0 spiro atoms. The van der Waals surface area contributed by atoms with Crippen molar-refractivity contribution < 1.29 is 4.74 Å². The van der Waals surface area contributed by atoms with Crippen molar-refractivity contribution in [3.63, 3.8) is 0 Å². The van der Waals surface area contributed by atoms with Crippen LogP contribution in [0.25, 0.3) is 0 Å². The van der Waals surface area contributed by atoms with Gasteiger partial charge < -0.3 is 10.1 Å². The third kappa shape index (κ3) is 5.10. The second-order valence-electron chi connectivity index (χ2n) is 5.31. The molecule has 0 atom stereocenters. The van der Waals surface area contributed by atoms with Gasteiger partial charge in [0, 0.05) is 23.2 Å². The van der Waals surface area contributed by atoms with E-state index in [0.29, 0.717) is 0 Å². The van der Waals surface area contributed by atoms with Gasteiger partial charge in [-0.2, -0.15) is 0 Å². The van der Waals surface area contributed by atoms with Crippen LogP contribution in [0.5, 0.6) is 5.75 Å². The monoisotopic (exact) mass is 299 g/mol. The molecule has 2 aromatic rings. The second kappa shape index (κ2) is 7.53. The molecular formula is C18H21NOS. The van der Waals surface area contributed by atoms with Crippen LogP contribution in [0.2, 0.25) is 0 Å². The van der Waals surface area contributed by atoms with E-state index in [0.717, 1.165) is 30.7 Å². The predicted octanol–water partition coefficient (Wildman–Crippen LogP) is 4.11. The van der Waals surface area contributed by atoms with Crippen LogP contribution in [-0.2, 0) is 6.54 Å². The first-order chi connectivity index (χ1) is 10.4. The number of ether oxygens (including phenoxy) is 1. The highest BCUT2D eigenvalue weighted by molar-refractivity contribution is 7.99. The Labute approximate surface area is 130 Å². The molecule has 2 aromatic carbocycles. The Kier molecular flexibility index (Phi) is 5.19. The Bertz CT molecular complexity index is 554. The molecule has 3 heteroatoms. The summed E-state index contributed by atoms with van der Waals surface area (Å²) in [5.74, 6) is 1.94. The third-order valence-corrected chi connectivity index (χ3v) is 4.41. The number of nitrogens with one attached hydrogen (secondary N) is 1. The number of thioether (sulfide) groups is 1. The van der Waals surface area contributed by atoms with Gasteiger partial charge in [-0.15, -0.1) is 11.8 Å². The summed E-state index contributed by atoms with van der Waals surface area (Å²) >= 11 is 1.83. The summed E-state index contributed by atoms with van der Waals surface area (Å²) in [6, 6.07) is 19.6. The molecule has 0 heterocycles. The molecule has 110 valence electrons. The lowest BCUT2D eigenvalue weighted by molar-refractivity contribution is 0.343. The summed E-state index contributed by atoms with van der Waals surface area (Å²) in [6.07, 6.45) is 2.65. The van der Waals surface area contributed by atoms with Gasteiger partial charge in [0.2, 0.25) is 0 Å². The molecule has 1 aliphatic rings. The lowest BCUT2D eigenvalue weighted by Crippen LogP contribution is -2.15. The van der Waals surface area contributed by atoms with E-state index in [2.05, 4.69) is 47.8 Å². The summed E-state index contributed by atoms with van der Waals surface area (Å²) in [4.78, 5) is 1.29. The van der Waals surface area contributed by atoms with Crippen LogP contribution >= 0.6 is 11.8 Å². The van der Waals surface area contributed by atoms with Gasteiger partial charge in [-0.1, -0.05) is 30.3 Å². The average Bonchev–Trinajstić information content (AvgIpc) is 3.35. The minimum Gasteiger partial charge on any atom is -0.493 e. The Morgan fingerprint density at radius 2 is 1.90 bits per heavy atom. The summed E-state index contributed by atoms with van der Waals surface area (Å²) in [5.41, 5.74) is 1.30. The zero-order chi connectivity index (χ0) is 14.3. The maximum atomic E-state index is 5.84. The smallest absolute Gasteiger partial charge is 0.119 e. The normalized spacial score (nSPS) is 14.1. The molecule has 3 rings (SSSR count). The van der Waals surface area contributed by atoms with Gasteiger partial charge in [-0.3, -0.25) is 0 Å². The molecule has 0 aliphatic heterocycles. The molecule has 0 aromatic heterocycles. The van der Waals surface area contributed by atoms with Crippen molar-refractivity contribution in [2.24, 2.45) is 0 Å². The SMILES string of the molecule is c1ccc(SCCOc2cccc(CNC3CC3)c2)cc1. The Morgan fingerprint density at radius 3 is 2.71 bits per heavy atom. The van der Waals surface area contributed by atoms with E-state index in [1.807, 2.05) is 23.9 Å². The van der Waals surface area contributed by atoms with Crippen molar-refractivity contribution in [1.82, 2.24) is 5.32 Å². The first-order valence-electron chi connectivity index (χ1n) is 7.53. The van der Waals surface area contributed by atoms with E-state index in [1.54, 1.807) is 0 Å². The van der Waals surface area contributed by atoms with Crippen LogP contribution in [0, 0.1) is 0 Å². The first-order valence-corrected chi connectivity index (χ1v) is 8.52. The number of hydrogen-bond donors (Lipinski definition) is 1. The van der Waals surface area contributed by atoms with Crippen LogP contribution in [-0.4, -0.2) is 18.4 Å². The summed E-state index contributed by atoms with van der Waals surface area (Å²) in [6.45, 7) is 1.68. The Morgan fingerprint density at radius 1 is 1.05 bits per heavy atom. The van der Waals surface area contributed by atoms with Crippen molar-refractivity contribution in [2.45, 2.75) is 30.3 Å². The molecule has 2 nitrogen and oxygen atoms in total. The van der Waals surface area contributed by atoms with Crippen molar-refractivity contribution in [1.29, 1.82) is 0 Å². The minimum absolute atomic E-state index is 0.735. The van der Waals surface area contributed by atoms with E-state index in [1.165, 1.54) is 23.3 Å². The minimum atomic E-state index is 0.735. The van der Waals surface area contributed by atoms with Gasteiger partial charge in [0.1, 0.15) is 5.75 Å². The number of benzene rings is 2. The third-order valence-electron chi connectivity index (χ3n) is 3.43. The summed E-state index contributed by atoms with van der Waals surface area (Å²) < 4.78 is 5.84. The van der Waals surface area contributed by atoms with E-state index in [4.69, 9.17) is 4.74 Å². The Hall–Kier alpha value is -1.45. The molecule has 21 heavy (non-hydrogen) atoms. The van der Waals surface area contributed by atoms with Gasteiger partial charge in [-0.05, 0) is 42.7 Å². The average molecular weight is 299 g/mol. The van der Waals surface area contributed by atoms with Crippen molar-refractivity contribution in [2.75, 3.05) is 12.4 Å². The molecule has 1 aliphatic carbocycles. The topological polar surface area (TPSA) is 21.3 Å². The predicted molar refractivity (Wildman–Crippen MR) is 89.0 cm³/mol. The maximum Gasteiger partial charge on any atom is 0.119 e. The quantitative estimate of drug-likeness (QED) is 0.585. The zero-order valence-corrected chi connectivity index (χ0v) is 12.9. The fourth-order valence-electron chi connectivity index (χ4n) is 2.13. The van der Waals surface area contributed by atoms with Crippen LogP contribution in [0.3, 0.4) is 0 Å². The molecule has 0 radical (unpaired) electrons. The Balaban J connectivity index is 1.41. The van der Waals surface area contributed by atoms with Gasteiger partial charge in [-0.25, -0.2) is 0 Å². The van der Waals surface area contributed by atoms with E-state index < -0.39 is 0 Å². The molecule has 1 N–H and O–H groups in total. The van der Waals surface area contributed by atoms with Crippen molar-refractivity contribution in [3.8, 4) is 5.75 Å². The highest BCUT2D eigenvalue weighted by Gasteiger charge is 2.19. The standard InChI is InChI=1S/C18H21NOS/c1-2-7-18(8-3-1)21-12-11-20-17-6-4-5-15(13-17)14-19-16-9-10-16/h1-8,13,16,19H,9-12,14H2. The van der Waals surface area contributed by atoms with Crippen LogP contribution in [0.15, 0.2) is 59.5 Å². The van der Waals surface area contributed by atoms with Gasteiger partial charge >= 0.3 is 0 Å². The zero-order valence-electron chi connectivity index (χ0n) is 12.1. The molecule has 0 saturated heterocycles. The fourth-order valence-corrected chi connectivity index (χ4v) is 2.88. The summed E-state index contributed by atoms with van der Waals surface area (Å²) in [7, 11) is 0. The number of hydrogen-bond acceptors (Lipinski definition) is 3. The maximum absolute atomic E-state index is 5.84. The molecule has 1 saturated carbocycles. The van der Waals surface area contributed by atoms with Gasteiger partial charge in [0.15, 0.2) is 0 Å². The molecule has 0 bridgehead atoms.